The summed E-state index contributed by atoms with van der Waals surface area (Å²) in [6, 6.07) is 7.71. The highest BCUT2D eigenvalue weighted by Crippen LogP contribution is 2.35. The van der Waals surface area contributed by atoms with Gasteiger partial charge in [0, 0.05) is 6.20 Å². The second-order valence-corrected chi connectivity index (χ2v) is 7.09. The van der Waals surface area contributed by atoms with Crippen molar-refractivity contribution in [3.8, 4) is 5.69 Å². The summed E-state index contributed by atoms with van der Waals surface area (Å²) in [5.74, 6) is 1.68. The number of aryl methyl sites for hydroxylation is 1. The van der Waals surface area contributed by atoms with E-state index in [0.717, 1.165) is 30.7 Å². The molecule has 0 N–H and O–H groups in total. The van der Waals surface area contributed by atoms with E-state index in [1.165, 1.54) is 48.8 Å². The van der Waals surface area contributed by atoms with Crippen molar-refractivity contribution in [2.75, 3.05) is 0 Å². The third-order valence-electron chi connectivity index (χ3n) is 5.51. The number of hydrogen-bond donors (Lipinski definition) is 0. The van der Waals surface area contributed by atoms with Crippen LogP contribution < -0.4 is 0 Å². The molecule has 5 heteroatoms. The lowest BCUT2D eigenvalue weighted by atomic mass is 9.75. The smallest absolute Gasteiger partial charge is 0.240 e. The molecule has 1 aromatic carbocycles. The van der Waals surface area contributed by atoms with Gasteiger partial charge in [-0.3, -0.25) is 0 Å². The fourth-order valence-corrected chi connectivity index (χ4v) is 3.98. The second-order valence-electron chi connectivity index (χ2n) is 7.09. The molecule has 1 heterocycles. The maximum atomic E-state index is 12.7. The predicted octanol–water partition coefficient (Wildman–Crippen LogP) is 8.50. The van der Waals surface area contributed by atoms with E-state index in [9.17, 15) is 13.2 Å². The van der Waals surface area contributed by atoms with Crippen LogP contribution in [0.2, 0.25) is 0 Å². The molecule has 1 unspecified atom stereocenters. The Hall–Kier alpha value is -2.04. The molecule has 0 amide bonds. The minimum absolute atomic E-state index is 0. The molecule has 2 atom stereocenters. The van der Waals surface area contributed by atoms with E-state index >= 15 is 0 Å². The van der Waals surface area contributed by atoms with Crippen molar-refractivity contribution in [1.29, 1.82) is 0 Å². The van der Waals surface area contributed by atoms with Crippen LogP contribution in [0.4, 0.5) is 13.2 Å². The first-order valence-electron chi connectivity index (χ1n) is 10.7. The predicted molar refractivity (Wildman–Crippen MR) is 122 cm³/mol. The van der Waals surface area contributed by atoms with E-state index in [-0.39, 0.29) is 7.43 Å². The normalized spacial score (nSPS) is 18.2. The molecule has 3 rings (SSSR count). The molecule has 1 fully saturated rings. The van der Waals surface area contributed by atoms with Crippen LogP contribution >= 0.6 is 0 Å². The maximum absolute atomic E-state index is 12.7. The number of benzene rings is 1. The lowest BCUT2D eigenvalue weighted by Crippen LogP contribution is -2.19. The van der Waals surface area contributed by atoms with Gasteiger partial charge in [-0.25, -0.2) is 4.68 Å². The minimum Gasteiger partial charge on any atom is -0.240 e. The number of aromatic nitrogens is 2. The van der Waals surface area contributed by atoms with E-state index in [0.29, 0.717) is 5.69 Å². The summed E-state index contributed by atoms with van der Waals surface area (Å²) in [5.41, 5.74) is 1.18. The van der Waals surface area contributed by atoms with Crippen LogP contribution in [-0.4, -0.2) is 9.78 Å². The molecule has 0 aliphatic heterocycles. The van der Waals surface area contributed by atoms with Crippen molar-refractivity contribution in [2.24, 2.45) is 11.8 Å². The molecule has 1 saturated carbocycles. The highest BCUT2D eigenvalue weighted by atomic mass is 19.4. The van der Waals surface area contributed by atoms with Crippen LogP contribution in [0.5, 0.6) is 0 Å². The van der Waals surface area contributed by atoms with Crippen molar-refractivity contribution in [2.45, 2.75) is 79.3 Å². The maximum Gasteiger partial charge on any atom is 0.419 e. The first-order chi connectivity index (χ1) is 14.0. The summed E-state index contributed by atoms with van der Waals surface area (Å²) in [6.07, 6.45) is 6.47. The van der Waals surface area contributed by atoms with Crippen LogP contribution in [0.3, 0.4) is 0 Å². The van der Waals surface area contributed by atoms with Gasteiger partial charge < -0.3 is 0 Å². The molecule has 2 aromatic rings. The topological polar surface area (TPSA) is 17.8 Å². The Kier molecular flexibility index (Phi) is 13.1. The number of hydrogen-bond acceptors (Lipinski definition) is 1. The highest BCUT2D eigenvalue weighted by molar-refractivity contribution is 5.34. The minimum atomic E-state index is -4.35. The van der Waals surface area contributed by atoms with Crippen LogP contribution in [0.15, 0.2) is 49.8 Å². The largest absolute Gasteiger partial charge is 0.419 e. The van der Waals surface area contributed by atoms with Crippen LogP contribution in [0, 0.1) is 11.8 Å². The summed E-state index contributed by atoms with van der Waals surface area (Å²) in [4.78, 5) is 0. The van der Waals surface area contributed by atoms with Crippen molar-refractivity contribution in [3.05, 3.63) is 60.9 Å². The summed E-state index contributed by atoms with van der Waals surface area (Å²) in [7, 11) is 0. The van der Waals surface area contributed by atoms with E-state index in [4.69, 9.17) is 0 Å². The number of alkyl halides is 3. The highest BCUT2D eigenvalue weighted by Gasteiger charge is 2.32. The summed E-state index contributed by atoms with van der Waals surface area (Å²) in [5, 5.41) is 3.82. The molecule has 0 saturated heterocycles. The van der Waals surface area contributed by atoms with E-state index < -0.39 is 11.7 Å². The van der Waals surface area contributed by atoms with E-state index in [2.05, 4.69) is 25.2 Å². The zero-order valence-corrected chi connectivity index (χ0v) is 18.0. The molecular formula is C25H39F3N2. The van der Waals surface area contributed by atoms with Gasteiger partial charge in [-0.2, -0.15) is 18.3 Å². The molecule has 1 aliphatic carbocycles. The van der Waals surface area contributed by atoms with Gasteiger partial charge in [0.2, 0.25) is 0 Å². The lowest BCUT2D eigenvalue weighted by molar-refractivity contribution is -0.137. The average molecular weight is 425 g/mol. The summed E-state index contributed by atoms with van der Waals surface area (Å²) < 4.78 is 39.3. The van der Waals surface area contributed by atoms with Gasteiger partial charge in [0.05, 0.1) is 17.4 Å². The molecule has 2 nitrogen and oxygen atoms in total. The van der Waals surface area contributed by atoms with E-state index in [1.54, 1.807) is 0 Å². The van der Waals surface area contributed by atoms with Crippen LogP contribution in [-0.2, 0) is 12.6 Å². The van der Waals surface area contributed by atoms with Gasteiger partial charge in [0.25, 0.3) is 0 Å². The summed E-state index contributed by atoms with van der Waals surface area (Å²) in [6.45, 7) is 12.3. The molecule has 1 aromatic heterocycles. The Morgan fingerprint density at radius 1 is 1.03 bits per heavy atom. The molecule has 0 radical (unpaired) electrons. The number of rotatable bonds is 5. The van der Waals surface area contributed by atoms with Crippen LogP contribution in [0.1, 0.15) is 77.8 Å². The fourth-order valence-electron chi connectivity index (χ4n) is 3.98. The molecule has 1 aliphatic rings. The molecule has 170 valence electrons. The molecule has 0 spiro atoms. The molecular weight excluding hydrogens is 385 g/mol. The monoisotopic (exact) mass is 424 g/mol. The van der Waals surface area contributed by atoms with Crippen molar-refractivity contribution in [1.82, 2.24) is 9.78 Å². The Balaban J connectivity index is 0.00000159. The number of nitrogens with zero attached hydrogens (tertiary/aromatic N) is 2. The molecule has 0 bridgehead atoms. The first kappa shape index (κ1) is 28.0. The quantitative estimate of drug-likeness (QED) is 0.440. The summed E-state index contributed by atoms with van der Waals surface area (Å²) >= 11 is 0. The Bertz CT molecular complexity index is 689. The van der Waals surface area contributed by atoms with Gasteiger partial charge in [0.15, 0.2) is 0 Å². The Labute approximate surface area is 181 Å². The van der Waals surface area contributed by atoms with E-state index in [1.807, 2.05) is 38.1 Å². The first-order valence-corrected chi connectivity index (χ1v) is 10.7. The van der Waals surface area contributed by atoms with Gasteiger partial charge in [-0.1, -0.05) is 72.4 Å². The zero-order valence-electron chi connectivity index (χ0n) is 18.0. The standard InChI is InChI=1S/C20H25F3N2.C2H6.C2H4.CH4/c1-2-16-5-3-4-6-17(16)10-7-15-8-11-19(12-9-15)25-14-18(13-24-25)20(21,22)23;2*1-2;/h8-9,11-14,16-17H,2-7,10H2,1H3;1-2H3;1-2H2;1H4/t16?,17-;;;/m1.../s1. The van der Waals surface area contributed by atoms with Gasteiger partial charge >= 0.3 is 6.18 Å². The van der Waals surface area contributed by atoms with Gasteiger partial charge in [-0.05, 0) is 42.4 Å². The SMILES string of the molecule is C.C=C.CC.CCC1CCCC[C@@H]1CCc1ccc(-n2cc(C(F)(F)F)cn2)cc1. The number of halogens is 3. The average Bonchev–Trinajstić information content (AvgIpc) is 3.27. The van der Waals surface area contributed by atoms with Gasteiger partial charge in [0.1, 0.15) is 0 Å². The van der Waals surface area contributed by atoms with Crippen molar-refractivity contribution in [3.63, 3.8) is 0 Å². The fraction of sp³-hybridized carbons (Fsp3) is 0.560. The third kappa shape index (κ3) is 8.00. The third-order valence-corrected chi connectivity index (χ3v) is 5.51. The lowest BCUT2D eigenvalue weighted by Gasteiger charge is -2.30. The molecule has 30 heavy (non-hydrogen) atoms. The van der Waals surface area contributed by atoms with Gasteiger partial charge in [-0.15, -0.1) is 13.2 Å². The van der Waals surface area contributed by atoms with Crippen molar-refractivity contribution >= 4 is 0 Å². The Morgan fingerprint density at radius 2 is 1.60 bits per heavy atom. The second kappa shape index (κ2) is 14.1. The van der Waals surface area contributed by atoms with Crippen molar-refractivity contribution < 1.29 is 13.2 Å². The zero-order chi connectivity index (χ0) is 21.9. The Morgan fingerprint density at radius 3 is 2.10 bits per heavy atom. The van der Waals surface area contributed by atoms with Crippen LogP contribution in [0.25, 0.3) is 5.69 Å².